The van der Waals surface area contributed by atoms with Crippen molar-refractivity contribution < 1.29 is 14.4 Å². The van der Waals surface area contributed by atoms with Gasteiger partial charge in [-0.05, 0) is 61.6 Å². The van der Waals surface area contributed by atoms with Crippen LogP contribution in [-0.2, 0) is 16.1 Å². The molecule has 0 bridgehead atoms. The number of halogens is 2. The van der Waals surface area contributed by atoms with Crippen LogP contribution < -0.4 is 10.2 Å². The second kappa shape index (κ2) is 10.6. The molecule has 4 rings (SSSR count). The van der Waals surface area contributed by atoms with Crippen LogP contribution in [0.3, 0.4) is 0 Å². The molecule has 2 heterocycles. The Morgan fingerprint density at radius 2 is 1.85 bits per heavy atom. The van der Waals surface area contributed by atoms with Gasteiger partial charge < -0.3 is 15.1 Å². The van der Waals surface area contributed by atoms with Crippen molar-refractivity contribution in [2.45, 2.75) is 38.6 Å². The molecule has 174 valence electrons. The first-order chi connectivity index (χ1) is 15.9. The van der Waals surface area contributed by atoms with Crippen molar-refractivity contribution in [1.82, 2.24) is 10.2 Å². The fourth-order valence-electron chi connectivity index (χ4n) is 4.43. The van der Waals surface area contributed by atoms with Crippen molar-refractivity contribution in [3.8, 4) is 0 Å². The second-order valence-corrected chi connectivity index (χ2v) is 9.42. The summed E-state index contributed by atoms with van der Waals surface area (Å²) in [5, 5.41) is 3.74. The summed E-state index contributed by atoms with van der Waals surface area (Å²) >= 11 is 12.0. The van der Waals surface area contributed by atoms with Crippen LogP contribution in [0.15, 0.2) is 42.5 Å². The van der Waals surface area contributed by atoms with Crippen LogP contribution in [0.25, 0.3) is 0 Å². The third-order valence-electron chi connectivity index (χ3n) is 6.26. The van der Waals surface area contributed by atoms with E-state index >= 15 is 0 Å². The van der Waals surface area contributed by atoms with Gasteiger partial charge in [0.15, 0.2) is 0 Å². The van der Waals surface area contributed by atoms with E-state index in [0.717, 1.165) is 43.5 Å². The number of carbonyl (C=O) groups is 3. The monoisotopic (exact) mass is 487 g/mol. The van der Waals surface area contributed by atoms with Gasteiger partial charge in [-0.15, -0.1) is 0 Å². The summed E-state index contributed by atoms with van der Waals surface area (Å²) in [6.07, 6.45) is 4.03. The molecular formula is C25H27Cl2N3O3. The van der Waals surface area contributed by atoms with Crippen LogP contribution in [0, 0.1) is 5.92 Å². The maximum atomic E-state index is 12.9. The number of nitrogens with one attached hydrogen (secondary N) is 1. The largest absolute Gasteiger partial charge is 0.352 e. The molecule has 0 radical (unpaired) electrons. The molecule has 1 atom stereocenters. The quantitative estimate of drug-likeness (QED) is 0.665. The smallest absolute Gasteiger partial charge is 0.253 e. The van der Waals surface area contributed by atoms with Gasteiger partial charge in [-0.2, -0.15) is 0 Å². The molecular weight excluding hydrogens is 461 g/mol. The first-order valence-electron chi connectivity index (χ1n) is 11.3. The zero-order chi connectivity index (χ0) is 23.4. The Bertz CT molecular complexity index is 1060. The number of hydrogen-bond acceptors (Lipinski definition) is 3. The van der Waals surface area contributed by atoms with Crippen LogP contribution in [0.4, 0.5) is 5.69 Å². The van der Waals surface area contributed by atoms with Gasteiger partial charge in [0, 0.05) is 43.9 Å². The molecule has 33 heavy (non-hydrogen) atoms. The zero-order valence-electron chi connectivity index (χ0n) is 18.4. The number of likely N-dealkylation sites (tertiary alicyclic amines) is 1. The number of nitrogens with zero attached hydrogens (tertiary/aromatic N) is 2. The van der Waals surface area contributed by atoms with Gasteiger partial charge in [0.25, 0.3) is 5.91 Å². The Morgan fingerprint density at radius 1 is 1.00 bits per heavy atom. The number of hydrogen-bond donors (Lipinski definition) is 1. The van der Waals surface area contributed by atoms with E-state index in [1.807, 2.05) is 29.2 Å². The summed E-state index contributed by atoms with van der Waals surface area (Å²) in [5.74, 6) is -0.334. The van der Waals surface area contributed by atoms with Crippen LogP contribution in [0.1, 0.15) is 48.0 Å². The van der Waals surface area contributed by atoms with E-state index in [1.54, 1.807) is 23.1 Å². The SMILES string of the molecule is O=C(NCc1cccc(N2CCCCC2=O)c1)C1CCCN(C(=O)c2ccc(Cl)c(Cl)c2)C1. The average molecular weight is 488 g/mol. The number of piperidine rings is 2. The Balaban J connectivity index is 1.35. The molecule has 2 aliphatic rings. The Morgan fingerprint density at radius 3 is 2.64 bits per heavy atom. The summed E-state index contributed by atoms with van der Waals surface area (Å²) in [7, 11) is 0. The Kier molecular flexibility index (Phi) is 7.56. The summed E-state index contributed by atoms with van der Waals surface area (Å²) in [6, 6.07) is 12.6. The van der Waals surface area contributed by atoms with Crippen LogP contribution in [-0.4, -0.2) is 42.3 Å². The molecule has 2 saturated heterocycles. The molecule has 8 heteroatoms. The van der Waals surface area contributed by atoms with E-state index in [0.29, 0.717) is 41.7 Å². The van der Waals surface area contributed by atoms with Crippen molar-refractivity contribution in [2.75, 3.05) is 24.5 Å². The molecule has 0 aromatic heterocycles. The first kappa shape index (κ1) is 23.6. The van der Waals surface area contributed by atoms with Crippen LogP contribution in [0.5, 0.6) is 0 Å². The highest BCUT2D eigenvalue weighted by atomic mass is 35.5. The normalized spacial score (nSPS) is 18.8. The van der Waals surface area contributed by atoms with E-state index in [4.69, 9.17) is 23.2 Å². The maximum Gasteiger partial charge on any atom is 0.253 e. The highest BCUT2D eigenvalue weighted by Crippen LogP contribution is 2.25. The molecule has 0 spiro atoms. The Labute approximate surface area is 203 Å². The topological polar surface area (TPSA) is 69.7 Å². The predicted molar refractivity (Wildman–Crippen MR) is 130 cm³/mol. The average Bonchev–Trinajstić information content (AvgIpc) is 2.84. The summed E-state index contributed by atoms with van der Waals surface area (Å²) in [4.78, 5) is 41.5. The lowest BCUT2D eigenvalue weighted by molar-refractivity contribution is -0.126. The fraction of sp³-hybridized carbons (Fsp3) is 0.400. The Hall–Kier alpha value is -2.57. The van der Waals surface area contributed by atoms with Crippen molar-refractivity contribution in [3.63, 3.8) is 0 Å². The molecule has 1 unspecified atom stereocenters. The molecule has 2 aliphatic heterocycles. The summed E-state index contributed by atoms with van der Waals surface area (Å²) in [5.41, 5.74) is 2.29. The van der Waals surface area contributed by atoms with Gasteiger partial charge in [0.05, 0.1) is 16.0 Å². The van der Waals surface area contributed by atoms with E-state index in [2.05, 4.69) is 5.32 Å². The van der Waals surface area contributed by atoms with Gasteiger partial charge in [0.2, 0.25) is 11.8 Å². The van der Waals surface area contributed by atoms with Crippen molar-refractivity contribution in [1.29, 1.82) is 0 Å². The van der Waals surface area contributed by atoms with Gasteiger partial charge in [-0.1, -0.05) is 35.3 Å². The van der Waals surface area contributed by atoms with E-state index < -0.39 is 0 Å². The lowest BCUT2D eigenvalue weighted by Gasteiger charge is -2.32. The van der Waals surface area contributed by atoms with Gasteiger partial charge in [0.1, 0.15) is 0 Å². The number of anilines is 1. The third kappa shape index (κ3) is 5.68. The van der Waals surface area contributed by atoms with Crippen LogP contribution in [0.2, 0.25) is 10.0 Å². The fourth-order valence-corrected chi connectivity index (χ4v) is 4.73. The van der Waals surface area contributed by atoms with Gasteiger partial charge >= 0.3 is 0 Å². The molecule has 2 aromatic rings. The summed E-state index contributed by atoms with van der Waals surface area (Å²) < 4.78 is 0. The lowest BCUT2D eigenvalue weighted by Crippen LogP contribution is -2.45. The molecule has 2 aromatic carbocycles. The maximum absolute atomic E-state index is 12.9. The highest BCUT2D eigenvalue weighted by molar-refractivity contribution is 6.42. The number of amides is 3. The zero-order valence-corrected chi connectivity index (χ0v) is 19.9. The van der Waals surface area contributed by atoms with Gasteiger partial charge in [-0.3, -0.25) is 14.4 Å². The number of rotatable bonds is 5. The van der Waals surface area contributed by atoms with Crippen molar-refractivity contribution in [3.05, 3.63) is 63.6 Å². The lowest BCUT2D eigenvalue weighted by atomic mass is 9.96. The minimum absolute atomic E-state index is 0.0684. The van der Waals surface area contributed by atoms with Crippen molar-refractivity contribution >= 4 is 46.6 Å². The van der Waals surface area contributed by atoms with Gasteiger partial charge in [-0.25, -0.2) is 0 Å². The molecule has 0 saturated carbocycles. The van der Waals surface area contributed by atoms with E-state index in [9.17, 15) is 14.4 Å². The van der Waals surface area contributed by atoms with E-state index in [1.165, 1.54) is 0 Å². The van der Waals surface area contributed by atoms with E-state index in [-0.39, 0.29) is 23.6 Å². The minimum Gasteiger partial charge on any atom is -0.352 e. The van der Waals surface area contributed by atoms with Crippen LogP contribution >= 0.6 is 23.2 Å². The number of benzene rings is 2. The minimum atomic E-state index is -0.266. The third-order valence-corrected chi connectivity index (χ3v) is 7.00. The summed E-state index contributed by atoms with van der Waals surface area (Å²) in [6.45, 7) is 2.09. The first-order valence-corrected chi connectivity index (χ1v) is 12.1. The molecule has 6 nitrogen and oxygen atoms in total. The number of carbonyl (C=O) groups excluding carboxylic acids is 3. The standard InChI is InChI=1S/C25H27Cl2N3O3/c26-21-10-9-18(14-22(21)27)25(33)29-11-4-6-19(16-29)24(32)28-15-17-5-3-7-20(13-17)30-12-2-1-8-23(30)31/h3,5,7,9-10,13-14,19H,1-2,4,6,8,11-12,15-16H2,(H,28,32). The molecule has 0 aliphatic carbocycles. The second-order valence-electron chi connectivity index (χ2n) is 8.61. The highest BCUT2D eigenvalue weighted by Gasteiger charge is 2.29. The molecule has 2 fully saturated rings. The molecule has 1 N–H and O–H groups in total. The van der Waals surface area contributed by atoms with Crippen molar-refractivity contribution in [2.24, 2.45) is 5.92 Å². The molecule has 3 amide bonds. The predicted octanol–water partition coefficient (Wildman–Crippen LogP) is 4.68.